The topological polar surface area (TPSA) is 12.5 Å². The molecule has 2 atom stereocenters. The smallest absolute Gasteiger partial charge is 0.354 e. The van der Waals surface area contributed by atoms with Crippen LogP contribution >= 0.6 is 0 Å². The van der Waals surface area contributed by atoms with Crippen LogP contribution in [0.5, 0.6) is 0 Å². The van der Waals surface area contributed by atoms with Crippen molar-refractivity contribution in [3.8, 4) is 0 Å². The van der Waals surface area contributed by atoms with Gasteiger partial charge in [-0.25, -0.2) is 0 Å². The van der Waals surface area contributed by atoms with Crippen LogP contribution in [0.2, 0.25) is 0 Å². The van der Waals surface area contributed by atoms with Gasteiger partial charge in [-0.05, 0) is 31.2 Å². The zero-order chi connectivity index (χ0) is 13.3. The summed E-state index contributed by atoms with van der Waals surface area (Å²) < 4.78 is 41.4. The maximum Gasteiger partial charge on any atom is 0.411 e. The van der Waals surface area contributed by atoms with Crippen molar-refractivity contribution in [1.82, 2.24) is 4.90 Å². The summed E-state index contributed by atoms with van der Waals surface area (Å²) in [5, 5.41) is 0. The standard InChI is InChI=1S/C12H22F3NO/c1-11(2,3)9-5-6-16(4)10(7-9)17-8-12(13,14)15/h9-10H,5-8H2,1-4H3. The highest BCUT2D eigenvalue weighted by atomic mass is 19.4. The third kappa shape index (κ3) is 4.84. The molecule has 0 aromatic rings. The molecule has 0 aromatic heterocycles. The molecule has 0 N–H and O–H groups in total. The van der Waals surface area contributed by atoms with Gasteiger partial charge in [0.25, 0.3) is 0 Å². The van der Waals surface area contributed by atoms with Gasteiger partial charge in [0.2, 0.25) is 0 Å². The van der Waals surface area contributed by atoms with Gasteiger partial charge in [0.1, 0.15) is 12.8 Å². The largest absolute Gasteiger partial charge is 0.411 e. The van der Waals surface area contributed by atoms with Crippen molar-refractivity contribution in [2.45, 2.75) is 46.0 Å². The Kier molecular flexibility index (Phi) is 4.47. The zero-order valence-corrected chi connectivity index (χ0v) is 11.0. The molecule has 1 rings (SSSR count). The van der Waals surface area contributed by atoms with Crippen LogP contribution in [0.4, 0.5) is 13.2 Å². The predicted molar refractivity (Wildman–Crippen MR) is 60.6 cm³/mol. The first-order valence-electron chi connectivity index (χ1n) is 5.98. The molecule has 0 radical (unpaired) electrons. The van der Waals surface area contributed by atoms with Crippen molar-refractivity contribution < 1.29 is 17.9 Å². The maximum absolute atomic E-state index is 12.1. The first-order chi connectivity index (χ1) is 7.59. The van der Waals surface area contributed by atoms with Gasteiger partial charge in [-0.1, -0.05) is 20.8 Å². The molecule has 5 heteroatoms. The number of hydrogen-bond donors (Lipinski definition) is 0. The Balaban J connectivity index is 2.52. The van der Waals surface area contributed by atoms with Gasteiger partial charge in [0.05, 0.1) is 0 Å². The van der Waals surface area contributed by atoms with E-state index in [0.29, 0.717) is 12.3 Å². The van der Waals surface area contributed by atoms with E-state index in [9.17, 15) is 13.2 Å². The van der Waals surface area contributed by atoms with E-state index >= 15 is 0 Å². The highest BCUT2D eigenvalue weighted by Gasteiger charge is 2.36. The molecule has 0 bridgehead atoms. The van der Waals surface area contributed by atoms with E-state index in [0.717, 1.165) is 13.0 Å². The Hall–Kier alpha value is -0.290. The van der Waals surface area contributed by atoms with Gasteiger partial charge in [-0.15, -0.1) is 0 Å². The molecule has 102 valence electrons. The molecular formula is C12H22F3NO. The summed E-state index contributed by atoms with van der Waals surface area (Å²) in [6, 6.07) is 0. The number of piperidine rings is 1. The molecule has 2 unspecified atom stereocenters. The van der Waals surface area contributed by atoms with E-state index in [4.69, 9.17) is 4.74 Å². The summed E-state index contributed by atoms with van der Waals surface area (Å²) in [4.78, 5) is 1.87. The zero-order valence-electron chi connectivity index (χ0n) is 11.0. The number of ether oxygens (including phenoxy) is 1. The van der Waals surface area contributed by atoms with Gasteiger partial charge >= 0.3 is 6.18 Å². The summed E-state index contributed by atoms with van der Waals surface area (Å²) >= 11 is 0. The molecule has 0 spiro atoms. The molecule has 0 saturated carbocycles. The Morgan fingerprint density at radius 1 is 1.24 bits per heavy atom. The minimum atomic E-state index is -4.24. The van der Waals surface area contributed by atoms with Crippen molar-refractivity contribution in [2.24, 2.45) is 11.3 Å². The third-order valence-electron chi connectivity index (χ3n) is 3.47. The lowest BCUT2D eigenvalue weighted by Gasteiger charge is -2.42. The number of likely N-dealkylation sites (tertiary alicyclic amines) is 1. The monoisotopic (exact) mass is 253 g/mol. The number of rotatable bonds is 2. The second-order valence-corrected chi connectivity index (χ2v) is 5.95. The molecule has 2 nitrogen and oxygen atoms in total. The summed E-state index contributed by atoms with van der Waals surface area (Å²) in [5.74, 6) is 0.414. The average molecular weight is 253 g/mol. The van der Waals surface area contributed by atoms with Gasteiger partial charge in [-0.2, -0.15) is 13.2 Å². The number of halogens is 3. The highest BCUT2D eigenvalue weighted by molar-refractivity contribution is 4.82. The van der Waals surface area contributed by atoms with Gasteiger partial charge < -0.3 is 4.74 Å². The van der Waals surface area contributed by atoms with Crippen LogP contribution in [0.25, 0.3) is 0 Å². The molecule has 1 saturated heterocycles. The van der Waals surface area contributed by atoms with E-state index in [1.165, 1.54) is 0 Å². The van der Waals surface area contributed by atoms with Gasteiger partial charge in [0.15, 0.2) is 0 Å². The lowest BCUT2D eigenvalue weighted by atomic mass is 9.75. The van der Waals surface area contributed by atoms with Crippen LogP contribution in [-0.2, 0) is 4.74 Å². The Morgan fingerprint density at radius 3 is 2.29 bits per heavy atom. The van der Waals surface area contributed by atoms with Gasteiger partial charge in [0, 0.05) is 6.54 Å². The van der Waals surface area contributed by atoms with Crippen molar-refractivity contribution in [1.29, 1.82) is 0 Å². The first-order valence-corrected chi connectivity index (χ1v) is 5.98. The van der Waals surface area contributed by atoms with Crippen LogP contribution in [0.3, 0.4) is 0 Å². The van der Waals surface area contributed by atoms with Crippen LogP contribution in [-0.4, -0.2) is 37.5 Å². The van der Waals surface area contributed by atoms with Crippen LogP contribution in [0.1, 0.15) is 33.6 Å². The van der Waals surface area contributed by atoms with Crippen LogP contribution < -0.4 is 0 Å². The van der Waals surface area contributed by atoms with Crippen LogP contribution in [0.15, 0.2) is 0 Å². The first kappa shape index (κ1) is 14.8. The molecule has 0 aliphatic carbocycles. The lowest BCUT2D eigenvalue weighted by Crippen LogP contribution is -2.45. The highest BCUT2D eigenvalue weighted by Crippen LogP contribution is 2.36. The van der Waals surface area contributed by atoms with Crippen molar-refractivity contribution >= 4 is 0 Å². The molecule has 17 heavy (non-hydrogen) atoms. The number of alkyl halides is 3. The van der Waals surface area contributed by atoms with E-state index in [-0.39, 0.29) is 5.41 Å². The molecule has 1 aliphatic rings. The normalized spacial score (nSPS) is 28.4. The predicted octanol–water partition coefficient (Wildman–Crippen LogP) is 3.28. The fraction of sp³-hybridized carbons (Fsp3) is 1.00. The van der Waals surface area contributed by atoms with Crippen molar-refractivity contribution in [3.63, 3.8) is 0 Å². The quantitative estimate of drug-likeness (QED) is 0.749. The molecule has 1 aliphatic heterocycles. The Labute approximate surface area is 101 Å². The molecule has 0 aromatic carbocycles. The molecular weight excluding hydrogens is 231 g/mol. The summed E-state index contributed by atoms with van der Waals surface area (Å²) in [6.07, 6.45) is -2.95. The average Bonchev–Trinajstić information content (AvgIpc) is 2.13. The Bertz CT molecular complexity index is 247. The van der Waals surface area contributed by atoms with E-state index in [2.05, 4.69) is 20.8 Å². The fourth-order valence-corrected chi connectivity index (χ4v) is 2.22. The number of hydrogen-bond acceptors (Lipinski definition) is 2. The lowest BCUT2D eigenvalue weighted by molar-refractivity contribution is -0.210. The minimum Gasteiger partial charge on any atom is -0.354 e. The van der Waals surface area contributed by atoms with Crippen molar-refractivity contribution in [2.75, 3.05) is 20.2 Å². The van der Waals surface area contributed by atoms with E-state index in [1.54, 1.807) is 0 Å². The van der Waals surface area contributed by atoms with E-state index < -0.39 is 19.0 Å². The summed E-state index contributed by atoms with van der Waals surface area (Å²) in [6.45, 7) is 6.03. The Morgan fingerprint density at radius 2 is 1.82 bits per heavy atom. The summed E-state index contributed by atoms with van der Waals surface area (Å²) in [5.41, 5.74) is 0.126. The van der Waals surface area contributed by atoms with Gasteiger partial charge in [-0.3, -0.25) is 4.90 Å². The summed E-state index contributed by atoms with van der Waals surface area (Å²) in [7, 11) is 1.82. The second kappa shape index (κ2) is 5.14. The molecule has 1 fully saturated rings. The van der Waals surface area contributed by atoms with Crippen LogP contribution in [0, 0.1) is 11.3 Å². The SMILES string of the molecule is CN1CCC(C(C)(C)C)CC1OCC(F)(F)F. The molecule has 0 amide bonds. The number of nitrogens with zero attached hydrogens (tertiary/aromatic N) is 1. The fourth-order valence-electron chi connectivity index (χ4n) is 2.22. The minimum absolute atomic E-state index is 0.126. The van der Waals surface area contributed by atoms with E-state index in [1.807, 2.05) is 11.9 Å². The molecule has 1 heterocycles. The maximum atomic E-state index is 12.1. The third-order valence-corrected chi connectivity index (χ3v) is 3.47. The second-order valence-electron chi connectivity index (χ2n) is 5.95. The van der Waals surface area contributed by atoms with Crippen molar-refractivity contribution in [3.05, 3.63) is 0 Å².